The SMILES string of the molecule is CC1CCCN(c2nc3ccccc3cc2C#N)C1. The number of benzene rings is 1. The first-order valence-corrected chi connectivity index (χ1v) is 6.83. The van der Waals surface area contributed by atoms with Gasteiger partial charge in [-0.15, -0.1) is 0 Å². The lowest BCUT2D eigenvalue weighted by Crippen LogP contribution is -2.35. The van der Waals surface area contributed by atoms with Crippen molar-refractivity contribution >= 4 is 16.7 Å². The van der Waals surface area contributed by atoms with Gasteiger partial charge in [-0.05, 0) is 30.9 Å². The van der Waals surface area contributed by atoms with Gasteiger partial charge in [0.05, 0.1) is 11.1 Å². The molecule has 1 fully saturated rings. The van der Waals surface area contributed by atoms with Crippen molar-refractivity contribution in [3.8, 4) is 6.07 Å². The Morgan fingerprint density at radius 2 is 2.21 bits per heavy atom. The molecule has 1 aliphatic rings. The van der Waals surface area contributed by atoms with Crippen LogP contribution in [0.3, 0.4) is 0 Å². The summed E-state index contributed by atoms with van der Waals surface area (Å²) in [5, 5.41) is 10.4. The molecule has 3 rings (SSSR count). The van der Waals surface area contributed by atoms with Gasteiger partial charge in [-0.1, -0.05) is 25.1 Å². The summed E-state index contributed by atoms with van der Waals surface area (Å²) in [6.45, 7) is 4.27. The summed E-state index contributed by atoms with van der Waals surface area (Å²) in [4.78, 5) is 6.97. The maximum absolute atomic E-state index is 9.36. The van der Waals surface area contributed by atoms with E-state index >= 15 is 0 Å². The maximum Gasteiger partial charge on any atom is 0.147 e. The van der Waals surface area contributed by atoms with E-state index in [0.717, 1.165) is 29.8 Å². The molecule has 2 aromatic rings. The predicted molar refractivity (Wildman–Crippen MR) is 77.1 cm³/mol. The molecule has 1 atom stereocenters. The fourth-order valence-electron chi connectivity index (χ4n) is 2.81. The van der Waals surface area contributed by atoms with E-state index in [1.807, 2.05) is 30.3 Å². The second-order valence-electron chi connectivity index (χ2n) is 5.36. The summed E-state index contributed by atoms with van der Waals surface area (Å²) in [5.41, 5.74) is 1.66. The average molecular weight is 251 g/mol. The number of para-hydroxylation sites is 1. The van der Waals surface area contributed by atoms with E-state index in [-0.39, 0.29) is 0 Å². The van der Waals surface area contributed by atoms with Crippen LogP contribution in [0.2, 0.25) is 0 Å². The zero-order valence-corrected chi connectivity index (χ0v) is 11.1. The van der Waals surface area contributed by atoms with Crippen LogP contribution in [-0.2, 0) is 0 Å². The minimum Gasteiger partial charge on any atom is -0.355 e. The highest BCUT2D eigenvalue weighted by atomic mass is 15.2. The standard InChI is InChI=1S/C16H17N3/c1-12-5-4-8-19(11-12)16-14(10-17)9-13-6-2-3-7-15(13)18-16/h2-3,6-7,9,12H,4-5,8,11H2,1H3. The number of rotatable bonds is 1. The lowest BCUT2D eigenvalue weighted by molar-refractivity contribution is 0.444. The summed E-state index contributed by atoms with van der Waals surface area (Å²) < 4.78 is 0. The predicted octanol–water partition coefficient (Wildman–Crippen LogP) is 3.34. The molecule has 19 heavy (non-hydrogen) atoms. The minimum absolute atomic E-state index is 0.675. The number of piperidine rings is 1. The number of hydrogen-bond donors (Lipinski definition) is 0. The number of aromatic nitrogens is 1. The number of nitriles is 1. The summed E-state index contributed by atoms with van der Waals surface area (Å²) in [5.74, 6) is 1.53. The van der Waals surface area contributed by atoms with Gasteiger partial charge >= 0.3 is 0 Å². The lowest BCUT2D eigenvalue weighted by atomic mass is 10.00. The van der Waals surface area contributed by atoms with Crippen molar-refractivity contribution in [2.24, 2.45) is 5.92 Å². The lowest BCUT2D eigenvalue weighted by Gasteiger charge is -2.32. The van der Waals surface area contributed by atoms with Crippen LogP contribution in [-0.4, -0.2) is 18.1 Å². The smallest absolute Gasteiger partial charge is 0.147 e. The van der Waals surface area contributed by atoms with E-state index in [1.165, 1.54) is 12.8 Å². The van der Waals surface area contributed by atoms with Crippen LogP contribution in [0.5, 0.6) is 0 Å². The van der Waals surface area contributed by atoms with Crippen molar-refractivity contribution in [3.63, 3.8) is 0 Å². The van der Waals surface area contributed by atoms with Crippen molar-refractivity contribution < 1.29 is 0 Å². The van der Waals surface area contributed by atoms with E-state index in [0.29, 0.717) is 11.5 Å². The molecule has 0 aliphatic carbocycles. The second kappa shape index (κ2) is 4.89. The molecule has 0 saturated carbocycles. The highest BCUT2D eigenvalue weighted by Gasteiger charge is 2.20. The molecule has 1 unspecified atom stereocenters. The summed E-state index contributed by atoms with van der Waals surface area (Å²) >= 11 is 0. The topological polar surface area (TPSA) is 39.9 Å². The summed E-state index contributed by atoms with van der Waals surface area (Å²) in [6, 6.07) is 12.2. The molecule has 0 bridgehead atoms. The molecule has 1 aliphatic heterocycles. The van der Waals surface area contributed by atoms with Gasteiger partial charge < -0.3 is 4.90 Å². The Hall–Kier alpha value is -2.08. The number of nitrogens with zero attached hydrogens (tertiary/aromatic N) is 3. The minimum atomic E-state index is 0.675. The Kier molecular flexibility index (Phi) is 3.08. The number of anilines is 1. The van der Waals surface area contributed by atoms with Crippen LogP contribution >= 0.6 is 0 Å². The zero-order valence-electron chi connectivity index (χ0n) is 11.1. The van der Waals surface area contributed by atoms with Gasteiger partial charge in [0.15, 0.2) is 0 Å². The van der Waals surface area contributed by atoms with Crippen molar-refractivity contribution in [2.75, 3.05) is 18.0 Å². The molecule has 0 amide bonds. The van der Waals surface area contributed by atoms with E-state index in [4.69, 9.17) is 4.98 Å². The first-order chi connectivity index (χ1) is 9.28. The molecular weight excluding hydrogens is 234 g/mol. The van der Waals surface area contributed by atoms with E-state index < -0.39 is 0 Å². The Morgan fingerprint density at radius 3 is 3.00 bits per heavy atom. The third-order valence-electron chi connectivity index (χ3n) is 3.78. The van der Waals surface area contributed by atoms with Crippen LogP contribution in [0.4, 0.5) is 5.82 Å². The fourth-order valence-corrected chi connectivity index (χ4v) is 2.81. The number of fused-ring (bicyclic) bond motifs is 1. The van der Waals surface area contributed by atoms with E-state index in [1.54, 1.807) is 0 Å². The van der Waals surface area contributed by atoms with E-state index in [2.05, 4.69) is 17.9 Å². The van der Waals surface area contributed by atoms with Gasteiger partial charge in [-0.2, -0.15) is 5.26 Å². The Balaban J connectivity index is 2.08. The Bertz CT molecular complexity index is 642. The first-order valence-electron chi connectivity index (χ1n) is 6.83. The molecule has 0 radical (unpaired) electrons. The molecule has 0 N–H and O–H groups in total. The second-order valence-corrected chi connectivity index (χ2v) is 5.36. The first kappa shape index (κ1) is 12.0. The third kappa shape index (κ3) is 2.26. The van der Waals surface area contributed by atoms with Crippen LogP contribution < -0.4 is 4.90 Å². The third-order valence-corrected chi connectivity index (χ3v) is 3.78. The molecule has 1 saturated heterocycles. The van der Waals surface area contributed by atoms with Gasteiger partial charge in [0, 0.05) is 18.5 Å². The summed E-state index contributed by atoms with van der Waals surface area (Å²) in [7, 11) is 0. The molecule has 3 heteroatoms. The Labute approximate surface area is 113 Å². The van der Waals surface area contributed by atoms with Crippen LogP contribution in [0.25, 0.3) is 10.9 Å². The van der Waals surface area contributed by atoms with Crippen molar-refractivity contribution in [2.45, 2.75) is 19.8 Å². The normalized spacial score (nSPS) is 19.4. The van der Waals surface area contributed by atoms with Gasteiger partial charge in [0.25, 0.3) is 0 Å². The van der Waals surface area contributed by atoms with Crippen molar-refractivity contribution in [3.05, 3.63) is 35.9 Å². The van der Waals surface area contributed by atoms with Crippen LogP contribution in [0.15, 0.2) is 30.3 Å². The largest absolute Gasteiger partial charge is 0.355 e. The fraction of sp³-hybridized carbons (Fsp3) is 0.375. The van der Waals surface area contributed by atoms with Crippen molar-refractivity contribution in [1.29, 1.82) is 5.26 Å². The monoisotopic (exact) mass is 251 g/mol. The van der Waals surface area contributed by atoms with Crippen LogP contribution in [0, 0.1) is 17.2 Å². The highest BCUT2D eigenvalue weighted by molar-refractivity contribution is 5.83. The van der Waals surface area contributed by atoms with Gasteiger partial charge in [0.2, 0.25) is 0 Å². The van der Waals surface area contributed by atoms with Gasteiger partial charge in [-0.3, -0.25) is 0 Å². The molecule has 3 nitrogen and oxygen atoms in total. The van der Waals surface area contributed by atoms with Crippen molar-refractivity contribution in [1.82, 2.24) is 4.98 Å². The Morgan fingerprint density at radius 1 is 1.37 bits per heavy atom. The summed E-state index contributed by atoms with van der Waals surface area (Å²) in [6.07, 6.45) is 2.45. The van der Waals surface area contributed by atoms with Gasteiger partial charge in [0.1, 0.15) is 11.9 Å². The molecule has 1 aromatic heterocycles. The zero-order chi connectivity index (χ0) is 13.2. The quantitative estimate of drug-likeness (QED) is 0.780. The molecule has 96 valence electrons. The highest BCUT2D eigenvalue weighted by Crippen LogP contribution is 2.27. The van der Waals surface area contributed by atoms with Gasteiger partial charge in [-0.25, -0.2) is 4.98 Å². The average Bonchev–Trinajstić information content (AvgIpc) is 2.46. The molecular formula is C16H17N3. The molecule has 0 spiro atoms. The number of pyridine rings is 1. The molecule has 1 aromatic carbocycles. The van der Waals surface area contributed by atoms with E-state index in [9.17, 15) is 5.26 Å². The maximum atomic E-state index is 9.36. The number of hydrogen-bond acceptors (Lipinski definition) is 3. The molecule has 2 heterocycles. The van der Waals surface area contributed by atoms with Crippen LogP contribution in [0.1, 0.15) is 25.3 Å².